The molecule has 0 aliphatic heterocycles. The third-order valence-corrected chi connectivity index (χ3v) is 17.4. The molecule has 1 aromatic rings. The van der Waals surface area contributed by atoms with Gasteiger partial charge in [-0.25, -0.2) is 0 Å². The molecule has 1 amide bonds. The number of nitro benzene ring substituents is 1. The van der Waals surface area contributed by atoms with E-state index in [0.29, 0.717) is 6.42 Å². The number of carbonyl (C=O) groups is 1. The molecule has 0 bridgehead atoms. The van der Waals surface area contributed by atoms with Crippen molar-refractivity contribution in [1.29, 1.82) is 0 Å². The SMILES string of the molecule is CCC(=O)N[C@H](C[Si](C)(C)C(C)(C)C)[C@@H](O[Si](C)(C)C(C)(C)C)c1ccc([N+](=O)[O-])cc1. The van der Waals surface area contributed by atoms with Gasteiger partial charge >= 0.3 is 0 Å². The van der Waals surface area contributed by atoms with Crippen molar-refractivity contribution in [2.75, 3.05) is 0 Å². The van der Waals surface area contributed by atoms with Gasteiger partial charge in [-0.1, -0.05) is 61.6 Å². The van der Waals surface area contributed by atoms with E-state index >= 15 is 0 Å². The summed E-state index contributed by atoms with van der Waals surface area (Å²) in [7, 11) is -3.98. The van der Waals surface area contributed by atoms with Crippen molar-refractivity contribution in [1.82, 2.24) is 5.32 Å². The Balaban J connectivity index is 3.57. The minimum atomic E-state index is -2.20. The molecular formula is C24H44N2O4Si2. The summed E-state index contributed by atoms with van der Waals surface area (Å²) >= 11 is 0. The van der Waals surface area contributed by atoms with Gasteiger partial charge in [-0.05, 0) is 46.9 Å². The van der Waals surface area contributed by atoms with Crippen LogP contribution in [0.25, 0.3) is 0 Å². The van der Waals surface area contributed by atoms with Gasteiger partial charge in [0.05, 0.1) is 25.1 Å². The molecule has 0 saturated heterocycles. The van der Waals surface area contributed by atoms with Crippen molar-refractivity contribution < 1.29 is 14.1 Å². The second kappa shape index (κ2) is 10.2. The Kier molecular flexibility index (Phi) is 9.07. The van der Waals surface area contributed by atoms with Crippen molar-refractivity contribution in [2.45, 2.75) is 109 Å². The number of nitro groups is 1. The van der Waals surface area contributed by atoms with Crippen LogP contribution in [-0.4, -0.2) is 33.3 Å². The van der Waals surface area contributed by atoms with Crippen molar-refractivity contribution >= 4 is 28.0 Å². The molecule has 6 nitrogen and oxygen atoms in total. The average molecular weight is 481 g/mol. The standard InChI is InChI=1S/C24H44N2O4Si2/c1-12-21(27)25-20(17-31(8,9)23(2,3)4)22(30-32(10,11)24(5,6)7)18-13-15-19(16-14-18)26(28)29/h13-16,20,22H,12,17H2,1-11H3,(H,25,27)/t20-,22+/m1/s1. The molecule has 0 saturated carbocycles. The normalized spacial score (nSPS) is 15.2. The maximum atomic E-state index is 12.6. The molecule has 32 heavy (non-hydrogen) atoms. The highest BCUT2D eigenvalue weighted by Gasteiger charge is 2.44. The van der Waals surface area contributed by atoms with E-state index in [1.807, 2.05) is 6.92 Å². The van der Waals surface area contributed by atoms with Crippen LogP contribution in [0.1, 0.15) is 66.6 Å². The zero-order valence-corrected chi connectivity index (χ0v) is 24.0. The van der Waals surface area contributed by atoms with E-state index in [2.05, 4.69) is 73.0 Å². The molecule has 0 heterocycles. The summed E-state index contributed by atoms with van der Waals surface area (Å²) in [5.74, 6) is -0.000507. The van der Waals surface area contributed by atoms with Gasteiger partial charge in [-0.3, -0.25) is 14.9 Å². The monoisotopic (exact) mass is 480 g/mol. The van der Waals surface area contributed by atoms with Gasteiger partial charge in [0.1, 0.15) is 0 Å². The first-order chi connectivity index (χ1) is 14.3. The van der Waals surface area contributed by atoms with Gasteiger partial charge < -0.3 is 9.74 Å². The van der Waals surface area contributed by atoms with Crippen LogP contribution in [0, 0.1) is 10.1 Å². The molecule has 182 valence electrons. The number of nitrogens with one attached hydrogen (secondary N) is 1. The topological polar surface area (TPSA) is 81.5 Å². The summed E-state index contributed by atoms with van der Waals surface area (Å²) in [6.07, 6.45) is 0.0440. The molecular weight excluding hydrogens is 436 g/mol. The van der Waals surface area contributed by atoms with Gasteiger partial charge in [-0.15, -0.1) is 0 Å². The Morgan fingerprint density at radius 2 is 1.53 bits per heavy atom. The molecule has 0 spiro atoms. The second-order valence-electron chi connectivity index (χ2n) is 12.0. The van der Waals surface area contributed by atoms with E-state index in [1.165, 1.54) is 12.1 Å². The van der Waals surface area contributed by atoms with Crippen LogP contribution in [0.3, 0.4) is 0 Å². The fraction of sp³-hybridized carbons (Fsp3) is 0.708. The molecule has 0 fully saturated rings. The van der Waals surface area contributed by atoms with Crippen LogP contribution in [0.2, 0.25) is 42.3 Å². The van der Waals surface area contributed by atoms with Crippen LogP contribution in [0.15, 0.2) is 24.3 Å². The molecule has 1 N–H and O–H groups in total. The molecule has 0 unspecified atom stereocenters. The number of benzene rings is 1. The predicted octanol–water partition coefficient (Wildman–Crippen LogP) is 7.06. The lowest BCUT2D eigenvalue weighted by atomic mass is 10.0. The number of hydrogen-bond acceptors (Lipinski definition) is 4. The first-order valence-electron chi connectivity index (χ1n) is 11.5. The zero-order chi connectivity index (χ0) is 25.1. The quantitative estimate of drug-likeness (QED) is 0.233. The van der Waals surface area contributed by atoms with Crippen LogP contribution in [0.4, 0.5) is 5.69 Å². The molecule has 0 aliphatic rings. The first kappa shape index (κ1) is 28.5. The minimum Gasteiger partial charge on any atom is -0.408 e. The van der Waals surface area contributed by atoms with Crippen LogP contribution >= 0.6 is 0 Å². The number of rotatable bonds is 9. The van der Waals surface area contributed by atoms with E-state index in [-0.39, 0.29) is 38.7 Å². The number of carbonyl (C=O) groups excluding carboxylic acids is 1. The molecule has 0 radical (unpaired) electrons. The fourth-order valence-electron chi connectivity index (χ4n) is 3.06. The summed E-state index contributed by atoms with van der Waals surface area (Å²) < 4.78 is 6.93. The third-order valence-electron chi connectivity index (χ3n) is 7.45. The van der Waals surface area contributed by atoms with Crippen LogP contribution in [0.5, 0.6) is 0 Å². The highest BCUT2D eigenvalue weighted by atomic mass is 28.4. The van der Waals surface area contributed by atoms with Crippen molar-refractivity contribution in [2.24, 2.45) is 0 Å². The van der Waals surface area contributed by atoms with Crippen LogP contribution in [-0.2, 0) is 9.22 Å². The Morgan fingerprint density at radius 1 is 1.03 bits per heavy atom. The Morgan fingerprint density at radius 3 is 1.91 bits per heavy atom. The Bertz CT molecular complexity index is 794. The van der Waals surface area contributed by atoms with E-state index in [0.717, 1.165) is 11.6 Å². The highest BCUT2D eigenvalue weighted by Crippen LogP contribution is 2.44. The largest absolute Gasteiger partial charge is 0.408 e. The lowest BCUT2D eigenvalue weighted by Gasteiger charge is -2.45. The number of non-ortho nitro benzene ring substituents is 1. The lowest BCUT2D eigenvalue weighted by Crippen LogP contribution is -2.51. The van der Waals surface area contributed by atoms with E-state index < -0.39 is 16.4 Å². The smallest absolute Gasteiger partial charge is 0.269 e. The van der Waals surface area contributed by atoms with E-state index in [4.69, 9.17) is 4.43 Å². The van der Waals surface area contributed by atoms with Gasteiger partial charge in [0, 0.05) is 18.6 Å². The third kappa shape index (κ3) is 7.25. The summed E-state index contributed by atoms with van der Waals surface area (Å²) in [5, 5.41) is 14.6. The molecule has 8 heteroatoms. The number of amides is 1. The molecule has 2 atom stereocenters. The van der Waals surface area contributed by atoms with Gasteiger partial charge in [0.15, 0.2) is 8.32 Å². The predicted molar refractivity (Wildman–Crippen MR) is 138 cm³/mol. The molecule has 1 rings (SSSR count). The van der Waals surface area contributed by atoms with Crippen molar-refractivity contribution in [3.05, 3.63) is 39.9 Å². The lowest BCUT2D eigenvalue weighted by molar-refractivity contribution is -0.384. The fourth-order valence-corrected chi connectivity index (χ4v) is 6.38. The Labute approximate surface area is 196 Å². The first-order valence-corrected chi connectivity index (χ1v) is 17.7. The van der Waals surface area contributed by atoms with Crippen LogP contribution < -0.4 is 5.32 Å². The molecule has 0 aromatic heterocycles. The summed E-state index contributed by atoms with van der Waals surface area (Å²) in [5.41, 5.74) is 0.930. The van der Waals surface area contributed by atoms with Gasteiger partial charge in [0.25, 0.3) is 5.69 Å². The van der Waals surface area contributed by atoms with E-state index in [9.17, 15) is 14.9 Å². The van der Waals surface area contributed by atoms with Crippen molar-refractivity contribution in [3.8, 4) is 0 Å². The van der Waals surface area contributed by atoms with Crippen molar-refractivity contribution in [3.63, 3.8) is 0 Å². The zero-order valence-electron chi connectivity index (χ0n) is 22.0. The molecule has 1 aromatic carbocycles. The van der Waals surface area contributed by atoms with Gasteiger partial charge in [-0.2, -0.15) is 0 Å². The second-order valence-corrected chi connectivity index (χ2v) is 22.4. The minimum absolute atomic E-state index is 0.000507. The summed E-state index contributed by atoms with van der Waals surface area (Å²) in [4.78, 5) is 23.4. The Hall–Kier alpha value is -1.52. The molecule has 0 aliphatic carbocycles. The maximum absolute atomic E-state index is 12.6. The summed E-state index contributed by atoms with van der Waals surface area (Å²) in [6.45, 7) is 24.4. The van der Waals surface area contributed by atoms with Gasteiger partial charge in [0.2, 0.25) is 5.91 Å². The maximum Gasteiger partial charge on any atom is 0.269 e. The average Bonchev–Trinajstić information content (AvgIpc) is 2.63. The van der Waals surface area contributed by atoms with E-state index in [1.54, 1.807) is 12.1 Å². The summed E-state index contributed by atoms with van der Waals surface area (Å²) in [6, 6.07) is 7.29. The number of nitrogens with zero attached hydrogens (tertiary/aromatic N) is 1. The highest BCUT2D eigenvalue weighted by molar-refractivity contribution is 6.80. The number of hydrogen-bond donors (Lipinski definition) is 1.